The van der Waals surface area contributed by atoms with E-state index in [4.69, 9.17) is 0 Å². The minimum atomic E-state index is -0.345. The Kier molecular flexibility index (Phi) is 6.80. The van der Waals surface area contributed by atoms with Crippen LogP contribution in [0.15, 0.2) is 24.3 Å². The molecule has 0 aliphatic carbocycles. The number of para-hydroxylation sites is 1. The number of rotatable bonds is 7. The first-order valence-corrected chi connectivity index (χ1v) is 8.70. The van der Waals surface area contributed by atoms with Crippen LogP contribution in [-0.4, -0.2) is 48.4 Å². The van der Waals surface area contributed by atoms with E-state index in [2.05, 4.69) is 16.0 Å². The number of nitrogens with zero attached hydrogens (tertiary/aromatic N) is 1. The topological polar surface area (TPSA) is 90.5 Å². The molecule has 0 aromatic heterocycles. The molecule has 4 amide bonds. The summed E-state index contributed by atoms with van der Waals surface area (Å²) < 4.78 is 0. The van der Waals surface area contributed by atoms with E-state index in [0.717, 1.165) is 13.0 Å². The largest absolute Gasteiger partial charge is 0.352 e. The molecule has 0 bridgehead atoms. The number of likely N-dealkylation sites (tertiary alicyclic amines) is 1. The lowest BCUT2D eigenvalue weighted by Crippen LogP contribution is -2.35. The number of benzene rings is 1. The second-order valence-electron chi connectivity index (χ2n) is 6.39. The zero-order chi connectivity index (χ0) is 18.2. The second kappa shape index (κ2) is 9.05. The summed E-state index contributed by atoms with van der Waals surface area (Å²) in [4.78, 5) is 37.6. The van der Waals surface area contributed by atoms with E-state index in [1.165, 1.54) is 0 Å². The monoisotopic (exact) mass is 346 g/mol. The van der Waals surface area contributed by atoms with Gasteiger partial charge >= 0.3 is 6.03 Å². The highest BCUT2D eigenvalue weighted by atomic mass is 16.2. The van der Waals surface area contributed by atoms with Crippen molar-refractivity contribution >= 4 is 23.5 Å². The van der Waals surface area contributed by atoms with Gasteiger partial charge in [0.15, 0.2) is 0 Å². The highest BCUT2D eigenvalue weighted by Crippen LogP contribution is 2.15. The third kappa shape index (κ3) is 5.77. The molecule has 0 atom stereocenters. The summed E-state index contributed by atoms with van der Waals surface area (Å²) in [7, 11) is 0. The van der Waals surface area contributed by atoms with Crippen molar-refractivity contribution in [2.45, 2.75) is 39.2 Å². The van der Waals surface area contributed by atoms with Gasteiger partial charge in [-0.15, -0.1) is 0 Å². The fourth-order valence-electron chi connectivity index (χ4n) is 2.72. The van der Waals surface area contributed by atoms with Crippen molar-refractivity contribution in [2.24, 2.45) is 0 Å². The number of hydrogen-bond acceptors (Lipinski definition) is 3. The summed E-state index contributed by atoms with van der Waals surface area (Å²) in [6.07, 6.45) is 2.26. The molecule has 0 unspecified atom stereocenters. The Hall–Kier alpha value is -2.57. The fourth-order valence-corrected chi connectivity index (χ4v) is 2.72. The SMILES string of the molecule is CC(C)NC(=O)Nc1ccccc1C(=O)NCCCN1CCCC1=O. The zero-order valence-electron chi connectivity index (χ0n) is 14.8. The van der Waals surface area contributed by atoms with Crippen molar-refractivity contribution < 1.29 is 14.4 Å². The number of amides is 4. The van der Waals surface area contributed by atoms with Gasteiger partial charge in [-0.2, -0.15) is 0 Å². The Morgan fingerprint density at radius 3 is 2.68 bits per heavy atom. The van der Waals surface area contributed by atoms with Gasteiger partial charge in [0.05, 0.1) is 11.3 Å². The maximum atomic E-state index is 12.4. The molecule has 0 radical (unpaired) electrons. The van der Waals surface area contributed by atoms with Crippen LogP contribution in [0, 0.1) is 0 Å². The Balaban J connectivity index is 1.84. The molecule has 1 aliphatic rings. The normalized spacial score (nSPS) is 13.9. The molecule has 1 fully saturated rings. The summed E-state index contributed by atoms with van der Waals surface area (Å²) in [6.45, 7) is 5.68. The molecule has 2 rings (SSSR count). The van der Waals surface area contributed by atoms with Gasteiger partial charge in [-0.1, -0.05) is 12.1 Å². The van der Waals surface area contributed by atoms with Crippen molar-refractivity contribution in [3.05, 3.63) is 29.8 Å². The van der Waals surface area contributed by atoms with E-state index in [1.54, 1.807) is 24.3 Å². The number of nitrogens with one attached hydrogen (secondary N) is 3. The number of carbonyl (C=O) groups excluding carboxylic acids is 3. The Bertz CT molecular complexity index is 631. The molecule has 1 aromatic carbocycles. The predicted octanol–water partition coefficient (Wildman–Crippen LogP) is 1.96. The third-order valence-electron chi connectivity index (χ3n) is 3.90. The lowest BCUT2D eigenvalue weighted by Gasteiger charge is -2.16. The molecule has 1 saturated heterocycles. The van der Waals surface area contributed by atoms with E-state index in [9.17, 15) is 14.4 Å². The van der Waals surface area contributed by atoms with Crippen LogP contribution >= 0.6 is 0 Å². The average Bonchev–Trinajstić information content (AvgIpc) is 2.96. The van der Waals surface area contributed by atoms with Crippen molar-refractivity contribution in [1.29, 1.82) is 0 Å². The van der Waals surface area contributed by atoms with E-state index in [-0.39, 0.29) is 23.9 Å². The summed E-state index contributed by atoms with van der Waals surface area (Å²) in [5, 5.41) is 8.27. The predicted molar refractivity (Wildman–Crippen MR) is 96.5 cm³/mol. The molecule has 0 spiro atoms. The minimum Gasteiger partial charge on any atom is -0.352 e. The van der Waals surface area contributed by atoms with Crippen LogP contribution in [0.3, 0.4) is 0 Å². The van der Waals surface area contributed by atoms with Crippen LogP contribution in [0.5, 0.6) is 0 Å². The van der Waals surface area contributed by atoms with Gasteiger partial charge in [0.25, 0.3) is 5.91 Å². The zero-order valence-corrected chi connectivity index (χ0v) is 14.8. The molecule has 25 heavy (non-hydrogen) atoms. The molecule has 1 aliphatic heterocycles. The van der Waals surface area contributed by atoms with Crippen molar-refractivity contribution in [3.8, 4) is 0 Å². The number of anilines is 1. The Labute approximate surface area is 148 Å². The van der Waals surface area contributed by atoms with Gasteiger partial charge in [-0.05, 0) is 38.8 Å². The first kappa shape index (κ1) is 18.8. The van der Waals surface area contributed by atoms with Gasteiger partial charge in [0.1, 0.15) is 0 Å². The molecule has 7 heteroatoms. The molecule has 7 nitrogen and oxygen atoms in total. The van der Waals surface area contributed by atoms with E-state index in [1.807, 2.05) is 18.7 Å². The Morgan fingerprint density at radius 1 is 1.24 bits per heavy atom. The summed E-state index contributed by atoms with van der Waals surface area (Å²) in [6, 6.07) is 6.55. The molecule has 1 aromatic rings. The van der Waals surface area contributed by atoms with Gasteiger partial charge in [-0.25, -0.2) is 4.79 Å². The minimum absolute atomic E-state index is 0.00860. The lowest BCUT2D eigenvalue weighted by molar-refractivity contribution is -0.127. The molecule has 3 N–H and O–H groups in total. The van der Waals surface area contributed by atoms with Crippen LogP contribution in [0.4, 0.5) is 10.5 Å². The summed E-state index contributed by atoms with van der Waals surface area (Å²) >= 11 is 0. The van der Waals surface area contributed by atoms with E-state index < -0.39 is 0 Å². The molecular formula is C18H26N4O3. The van der Waals surface area contributed by atoms with Gasteiger partial charge in [0.2, 0.25) is 5.91 Å². The quantitative estimate of drug-likeness (QED) is 0.659. The maximum absolute atomic E-state index is 12.4. The lowest BCUT2D eigenvalue weighted by atomic mass is 10.1. The molecule has 136 valence electrons. The van der Waals surface area contributed by atoms with Gasteiger partial charge < -0.3 is 20.9 Å². The first-order valence-electron chi connectivity index (χ1n) is 8.70. The van der Waals surface area contributed by atoms with Crippen LogP contribution in [0.1, 0.15) is 43.5 Å². The Morgan fingerprint density at radius 2 is 2.00 bits per heavy atom. The number of urea groups is 1. The highest BCUT2D eigenvalue weighted by molar-refractivity contribution is 6.03. The van der Waals surface area contributed by atoms with E-state index in [0.29, 0.717) is 37.2 Å². The van der Waals surface area contributed by atoms with Crippen LogP contribution in [0.25, 0.3) is 0 Å². The summed E-state index contributed by atoms with van der Waals surface area (Å²) in [5.74, 6) is -0.0507. The number of hydrogen-bond donors (Lipinski definition) is 3. The highest BCUT2D eigenvalue weighted by Gasteiger charge is 2.19. The van der Waals surface area contributed by atoms with Crippen molar-refractivity contribution in [3.63, 3.8) is 0 Å². The van der Waals surface area contributed by atoms with Gasteiger partial charge in [0, 0.05) is 32.1 Å². The molecule has 0 saturated carbocycles. The number of carbonyl (C=O) groups is 3. The third-order valence-corrected chi connectivity index (χ3v) is 3.90. The van der Waals surface area contributed by atoms with Gasteiger partial charge in [-0.3, -0.25) is 9.59 Å². The first-order chi connectivity index (χ1) is 12.0. The van der Waals surface area contributed by atoms with Crippen LogP contribution in [0.2, 0.25) is 0 Å². The smallest absolute Gasteiger partial charge is 0.319 e. The second-order valence-corrected chi connectivity index (χ2v) is 6.39. The molecule has 1 heterocycles. The average molecular weight is 346 g/mol. The van der Waals surface area contributed by atoms with Crippen LogP contribution in [-0.2, 0) is 4.79 Å². The van der Waals surface area contributed by atoms with Crippen LogP contribution < -0.4 is 16.0 Å². The van der Waals surface area contributed by atoms with Crippen molar-refractivity contribution in [2.75, 3.05) is 25.0 Å². The van der Waals surface area contributed by atoms with Crippen molar-refractivity contribution in [1.82, 2.24) is 15.5 Å². The van der Waals surface area contributed by atoms with E-state index >= 15 is 0 Å². The summed E-state index contributed by atoms with van der Waals surface area (Å²) in [5.41, 5.74) is 0.881. The fraction of sp³-hybridized carbons (Fsp3) is 0.500. The molecular weight excluding hydrogens is 320 g/mol. The maximum Gasteiger partial charge on any atom is 0.319 e. The standard InChI is InChI=1S/C18H26N4O3/c1-13(2)20-18(25)21-15-8-4-3-7-14(15)17(24)19-10-6-12-22-11-5-9-16(22)23/h3-4,7-8,13H,5-6,9-12H2,1-2H3,(H,19,24)(H2,20,21,25).